The molecule has 0 spiro atoms. The van der Waals surface area contributed by atoms with E-state index in [-0.39, 0.29) is 0 Å². The lowest BCUT2D eigenvalue weighted by Gasteiger charge is -2.21. The molecule has 1 aromatic heterocycles. The first-order chi connectivity index (χ1) is 7.79. The van der Waals surface area contributed by atoms with Crippen LogP contribution in [0.25, 0.3) is 0 Å². The Labute approximate surface area is 101 Å². The van der Waals surface area contributed by atoms with Crippen molar-refractivity contribution in [2.24, 2.45) is 0 Å². The van der Waals surface area contributed by atoms with E-state index < -0.39 is 0 Å². The van der Waals surface area contributed by atoms with Gasteiger partial charge in [-0.3, -0.25) is 4.98 Å². The molecule has 1 aliphatic heterocycles. The smallest absolute Gasteiger partial charge is 0.146 e. The van der Waals surface area contributed by atoms with Crippen LogP contribution in [0.5, 0.6) is 0 Å². The fourth-order valence-corrected chi connectivity index (χ4v) is 1.94. The average molecular weight is 242 g/mol. The molecule has 4 nitrogen and oxygen atoms in total. The van der Waals surface area contributed by atoms with Crippen LogP contribution in [-0.4, -0.2) is 36.3 Å². The molecule has 5 heteroatoms. The summed E-state index contributed by atoms with van der Waals surface area (Å²) in [6.45, 7) is 1.75. The highest BCUT2D eigenvalue weighted by Gasteiger charge is 2.18. The van der Waals surface area contributed by atoms with E-state index in [1.54, 1.807) is 12.4 Å². The molecular formula is C11H16ClN3O. The summed E-state index contributed by atoms with van der Waals surface area (Å²) in [6, 6.07) is 0. The van der Waals surface area contributed by atoms with Crippen molar-refractivity contribution in [3.05, 3.63) is 18.1 Å². The van der Waals surface area contributed by atoms with Gasteiger partial charge < -0.3 is 9.64 Å². The van der Waals surface area contributed by atoms with E-state index in [4.69, 9.17) is 16.3 Å². The van der Waals surface area contributed by atoms with Gasteiger partial charge in [0.2, 0.25) is 0 Å². The molecule has 2 heterocycles. The molecule has 0 N–H and O–H groups in total. The van der Waals surface area contributed by atoms with Gasteiger partial charge in [0.05, 0.1) is 30.1 Å². The monoisotopic (exact) mass is 241 g/mol. The summed E-state index contributed by atoms with van der Waals surface area (Å²) >= 11 is 5.66. The van der Waals surface area contributed by atoms with Crippen LogP contribution in [0.3, 0.4) is 0 Å². The summed E-state index contributed by atoms with van der Waals surface area (Å²) in [4.78, 5) is 10.6. The lowest BCUT2D eigenvalue weighted by atomic mass is 10.2. The predicted molar refractivity (Wildman–Crippen MR) is 63.8 cm³/mol. The largest absolute Gasteiger partial charge is 0.376 e. The molecule has 1 aliphatic rings. The van der Waals surface area contributed by atoms with Gasteiger partial charge in [-0.1, -0.05) is 0 Å². The average Bonchev–Trinajstić information content (AvgIpc) is 2.82. The topological polar surface area (TPSA) is 38.2 Å². The van der Waals surface area contributed by atoms with Crippen molar-refractivity contribution in [1.29, 1.82) is 0 Å². The molecule has 0 aromatic carbocycles. The Bertz CT molecular complexity index is 325. The van der Waals surface area contributed by atoms with Gasteiger partial charge in [0.1, 0.15) is 5.82 Å². The van der Waals surface area contributed by atoms with Gasteiger partial charge in [-0.25, -0.2) is 4.98 Å². The molecule has 1 aromatic rings. The van der Waals surface area contributed by atoms with Gasteiger partial charge in [-0.15, -0.1) is 11.6 Å². The number of alkyl halides is 1. The summed E-state index contributed by atoms with van der Waals surface area (Å²) in [5.74, 6) is 1.27. The Morgan fingerprint density at radius 3 is 2.94 bits per heavy atom. The number of likely N-dealkylation sites (N-methyl/N-ethyl adjacent to an activating group) is 1. The van der Waals surface area contributed by atoms with Crippen LogP contribution in [-0.2, 0) is 10.6 Å². The molecule has 0 amide bonds. The molecular weight excluding hydrogens is 226 g/mol. The minimum atomic E-state index is 0.333. The van der Waals surface area contributed by atoms with Gasteiger partial charge in [-0.2, -0.15) is 0 Å². The van der Waals surface area contributed by atoms with Gasteiger partial charge in [0, 0.05) is 20.2 Å². The highest BCUT2D eigenvalue weighted by atomic mass is 35.5. The molecule has 1 atom stereocenters. The minimum Gasteiger partial charge on any atom is -0.376 e. The molecule has 1 unspecified atom stereocenters. The fraction of sp³-hybridized carbons (Fsp3) is 0.636. The standard InChI is InChI=1S/C11H16ClN3O/c1-15(8-10-3-2-4-16-10)11-7-13-9(5-12)6-14-11/h6-7,10H,2-5,8H2,1H3. The van der Waals surface area contributed by atoms with Crippen molar-refractivity contribution in [2.45, 2.75) is 24.8 Å². The lowest BCUT2D eigenvalue weighted by molar-refractivity contribution is 0.116. The summed E-state index contributed by atoms with van der Waals surface area (Å²) in [7, 11) is 2.01. The third-order valence-corrected chi connectivity index (χ3v) is 3.00. The molecule has 0 radical (unpaired) electrons. The summed E-state index contributed by atoms with van der Waals surface area (Å²) in [5.41, 5.74) is 0.802. The van der Waals surface area contributed by atoms with Crippen LogP contribution in [0.15, 0.2) is 12.4 Å². The quantitative estimate of drug-likeness (QED) is 0.754. The number of rotatable bonds is 4. The van der Waals surface area contributed by atoms with E-state index in [0.717, 1.165) is 37.5 Å². The summed E-state index contributed by atoms with van der Waals surface area (Å²) in [6.07, 6.45) is 6.10. The SMILES string of the molecule is CN(CC1CCCO1)c1cnc(CCl)cn1. The highest BCUT2D eigenvalue weighted by molar-refractivity contribution is 6.16. The number of aromatic nitrogens is 2. The Morgan fingerprint density at radius 1 is 1.50 bits per heavy atom. The maximum atomic E-state index is 5.66. The van der Waals surface area contributed by atoms with Gasteiger partial charge in [0.15, 0.2) is 0 Å². The highest BCUT2D eigenvalue weighted by Crippen LogP contribution is 2.15. The molecule has 0 bridgehead atoms. The number of hydrogen-bond acceptors (Lipinski definition) is 4. The first-order valence-electron chi connectivity index (χ1n) is 5.49. The van der Waals surface area contributed by atoms with Crippen LogP contribution in [0, 0.1) is 0 Å². The van der Waals surface area contributed by atoms with E-state index in [2.05, 4.69) is 14.9 Å². The van der Waals surface area contributed by atoms with Crippen molar-refractivity contribution in [2.75, 3.05) is 25.1 Å². The first-order valence-corrected chi connectivity index (χ1v) is 6.02. The van der Waals surface area contributed by atoms with E-state index in [1.807, 2.05) is 7.05 Å². The molecule has 88 valence electrons. The Hall–Kier alpha value is -0.870. The third-order valence-electron chi connectivity index (χ3n) is 2.72. The molecule has 16 heavy (non-hydrogen) atoms. The second-order valence-corrected chi connectivity index (χ2v) is 4.28. The van der Waals surface area contributed by atoms with Crippen LogP contribution in [0.2, 0.25) is 0 Å². The van der Waals surface area contributed by atoms with E-state index in [1.165, 1.54) is 0 Å². The molecule has 0 saturated carbocycles. The van der Waals surface area contributed by atoms with E-state index >= 15 is 0 Å². The Kier molecular flexibility index (Phi) is 3.96. The van der Waals surface area contributed by atoms with Crippen LogP contribution in [0.1, 0.15) is 18.5 Å². The number of nitrogens with zero attached hydrogens (tertiary/aromatic N) is 3. The number of halogens is 1. The summed E-state index contributed by atoms with van der Waals surface area (Å²) in [5, 5.41) is 0. The minimum absolute atomic E-state index is 0.333. The van der Waals surface area contributed by atoms with Gasteiger partial charge in [-0.05, 0) is 12.8 Å². The van der Waals surface area contributed by atoms with Crippen LogP contribution in [0.4, 0.5) is 5.82 Å². The van der Waals surface area contributed by atoms with Crippen molar-refractivity contribution < 1.29 is 4.74 Å². The maximum absolute atomic E-state index is 5.66. The van der Waals surface area contributed by atoms with Crippen LogP contribution >= 0.6 is 11.6 Å². The Balaban J connectivity index is 1.94. The number of ether oxygens (including phenoxy) is 1. The lowest BCUT2D eigenvalue weighted by Crippen LogP contribution is -2.29. The molecule has 2 rings (SSSR count). The summed E-state index contributed by atoms with van der Waals surface area (Å²) < 4.78 is 5.58. The Morgan fingerprint density at radius 2 is 2.38 bits per heavy atom. The second-order valence-electron chi connectivity index (χ2n) is 4.02. The van der Waals surface area contributed by atoms with E-state index in [0.29, 0.717) is 12.0 Å². The maximum Gasteiger partial charge on any atom is 0.146 e. The zero-order valence-electron chi connectivity index (χ0n) is 9.40. The zero-order valence-corrected chi connectivity index (χ0v) is 10.2. The van der Waals surface area contributed by atoms with Crippen LogP contribution < -0.4 is 4.90 Å². The third kappa shape index (κ3) is 2.83. The van der Waals surface area contributed by atoms with Crippen molar-refractivity contribution >= 4 is 17.4 Å². The van der Waals surface area contributed by atoms with E-state index in [9.17, 15) is 0 Å². The molecule has 1 saturated heterocycles. The van der Waals surface area contributed by atoms with Gasteiger partial charge in [0.25, 0.3) is 0 Å². The first kappa shape index (κ1) is 11.6. The van der Waals surface area contributed by atoms with Gasteiger partial charge >= 0.3 is 0 Å². The molecule has 1 fully saturated rings. The second kappa shape index (κ2) is 5.46. The fourth-order valence-electron chi connectivity index (χ4n) is 1.80. The number of anilines is 1. The normalized spacial score (nSPS) is 20.0. The zero-order chi connectivity index (χ0) is 11.4. The van der Waals surface area contributed by atoms with Crippen molar-refractivity contribution in [1.82, 2.24) is 9.97 Å². The predicted octanol–water partition coefficient (Wildman–Crippen LogP) is 1.83. The van der Waals surface area contributed by atoms with Crippen molar-refractivity contribution in [3.8, 4) is 0 Å². The van der Waals surface area contributed by atoms with Crippen molar-refractivity contribution in [3.63, 3.8) is 0 Å². The molecule has 0 aliphatic carbocycles. The number of hydrogen-bond donors (Lipinski definition) is 0.